The van der Waals surface area contributed by atoms with Crippen LogP contribution in [-0.2, 0) is 7.05 Å². The summed E-state index contributed by atoms with van der Waals surface area (Å²) in [6, 6.07) is 6.62. The van der Waals surface area contributed by atoms with Gasteiger partial charge < -0.3 is 15.2 Å². The molecular weight excluding hydrogens is 278 g/mol. The minimum absolute atomic E-state index is 0.257. The Labute approximate surface area is 110 Å². The molecule has 2 N–H and O–H groups in total. The Hall–Kier alpha value is -0.840. The van der Waals surface area contributed by atoms with Gasteiger partial charge >= 0.3 is 0 Å². The zero-order valence-corrected chi connectivity index (χ0v) is 12.0. The van der Waals surface area contributed by atoms with Gasteiger partial charge in [-0.15, -0.1) is 0 Å². The van der Waals surface area contributed by atoms with Crippen LogP contribution in [-0.4, -0.2) is 30.1 Å². The second-order valence-corrected chi connectivity index (χ2v) is 5.49. The average Bonchev–Trinajstić information content (AvgIpc) is 2.56. The Morgan fingerprint density at radius 3 is 2.71 bits per heavy atom. The van der Waals surface area contributed by atoms with E-state index < -0.39 is 0 Å². The van der Waals surface area contributed by atoms with E-state index in [1.54, 1.807) is 0 Å². The standard InChI is InChI=1S/C13H18BrN3/c1-16(2)13(7-15)11-8-17(3)12-5-4-9(14)6-10(11)12/h4-6,8,13H,7,15H2,1-3H3. The Balaban J connectivity index is 2.64. The molecule has 0 aliphatic carbocycles. The van der Waals surface area contributed by atoms with Gasteiger partial charge in [-0.05, 0) is 37.9 Å². The zero-order valence-electron chi connectivity index (χ0n) is 10.4. The molecule has 0 saturated heterocycles. The summed E-state index contributed by atoms with van der Waals surface area (Å²) >= 11 is 3.53. The summed E-state index contributed by atoms with van der Waals surface area (Å²) in [5, 5.41) is 1.27. The first kappa shape index (κ1) is 12.6. The molecule has 0 aliphatic rings. The highest BCUT2D eigenvalue weighted by Crippen LogP contribution is 2.30. The number of hydrogen-bond acceptors (Lipinski definition) is 2. The van der Waals surface area contributed by atoms with Crippen LogP contribution >= 0.6 is 15.9 Å². The fourth-order valence-electron chi connectivity index (χ4n) is 2.28. The number of rotatable bonds is 3. The van der Waals surface area contributed by atoms with Crippen LogP contribution in [0, 0.1) is 0 Å². The molecule has 92 valence electrons. The monoisotopic (exact) mass is 295 g/mol. The lowest BCUT2D eigenvalue weighted by Gasteiger charge is -2.22. The maximum absolute atomic E-state index is 5.88. The van der Waals surface area contributed by atoms with Crippen LogP contribution in [0.3, 0.4) is 0 Å². The van der Waals surface area contributed by atoms with Crippen molar-refractivity contribution < 1.29 is 0 Å². The molecule has 0 aliphatic heterocycles. The van der Waals surface area contributed by atoms with Crippen LogP contribution < -0.4 is 5.73 Å². The third-order valence-corrected chi connectivity index (χ3v) is 3.68. The normalized spacial score (nSPS) is 13.5. The van der Waals surface area contributed by atoms with Crippen molar-refractivity contribution in [1.29, 1.82) is 0 Å². The van der Waals surface area contributed by atoms with E-state index in [0.29, 0.717) is 6.54 Å². The maximum Gasteiger partial charge on any atom is 0.0485 e. The number of fused-ring (bicyclic) bond motifs is 1. The molecule has 0 spiro atoms. The van der Waals surface area contributed by atoms with E-state index in [1.165, 1.54) is 16.5 Å². The number of halogens is 1. The van der Waals surface area contributed by atoms with Gasteiger partial charge in [-0.3, -0.25) is 0 Å². The van der Waals surface area contributed by atoms with Crippen LogP contribution in [0.25, 0.3) is 10.9 Å². The molecule has 1 aromatic heterocycles. The molecule has 0 amide bonds. The molecule has 1 unspecified atom stereocenters. The van der Waals surface area contributed by atoms with Gasteiger partial charge in [0.15, 0.2) is 0 Å². The molecule has 1 heterocycles. The van der Waals surface area contributed by atoms with E-state index in [-0.39, 0.29) is 6.04 Å². The molecule has 0 saturated carbocycles. The fraction of sp³-hybridized carbons (Fsp3) is 0.385. The van der Waals surface area contributed by atoms with Crippen LogP contribution in [0.5, 0.6) is 0 Å². The van der Waals surface area contributed by atoms with Gasteiger partial charge in [0.1, 0.15) is 0 Å². The van der Waals surface area contributed by atoms with Crippen molar-refractivity contribution in [3.05, 3.63) is 34.4 Å². The summed E-state index contributed by atoms with van der Waals surface area (Å²) in [6.45, 7) is 0.624. The van der Waals surface area contributed by atoms with Gasteiger partial charge in [0.2, 0.25) is 0 Å². The van der Waals surface area contributed by atoms with Crippen molar-refractivity contribution in [1.82, 2.24) is 9.47 Å². The minimum atomic E-state index is 0.257. The van der Waals surface area contributed by atoms with Crippen molar-refractivity contribution in [2.45, 2.75) is 6.04 Å². The predicted molar refractivity (Wildman–Crippen MR) is 76.1 cm³/mol. The first-order chi connectivity index (χ1) is 8.04. The number of benzene rings is 1. The van der Waals surface area contributed by atoms with Crippen molar-refractivity contribution in [2.24, 2.45) is 12.8 Å². The SMILES string of the molecule is CN(C)C(CN)c1cn(C)c2ccc(Br)cc12. The van der Waals surface area contributed by atoms with Crippen molar-refractivity contribution in [3.63, 3.8) is 0 Å². The minimum Gasteiger partial charge on any atom is -0.350 e. The second kappa shape index (κ2) is 4.80. The van der Waals surface area contributed by atoms with Crippen molar-refractivity contribution in [2.75, 3.05) is 20.6 Å². The number of likely N-dealkylation sites (N-methyl/N-ethyl adjacent to an activating group) is 1. The molecule has 1 aromatic carbocycles. The molecule has 4 heteroatoms. The number of hydrogen-bond donors (Lipinski definition) is 1. The largest absolute Gasteiger partial charge is 0.350 e. The van der Waals surface area contributed by atoms with Crippen molar-refractivity contribution in [3.8, 4) is 0 Å². The Bertz CT molecular complexity index is 531. The van der Waals surface area contributed by atoms with E-state index in [2.05, 4.69) is 70.9 Å². The van der Waals surface area contributed by atoms with Crippen LogP contribution in [0.4, 0.5) is 0 Å². The Morgan fingerprint density at radius 2 is 2.12 bits per heavy atom. The number of nitrogens with two attached hydrogens (primary N) is 1. The quantitative estimate of drug-likeness (QED) is 0.944. The molecule has 0 bridgehead atoms. The highest BCUT2D eigenvalue weighted by atomic mass is 79.9. The Morgan fingerprint density at radius 1 is 1.41 bits per heavy atom. The highest BCUT2D eigenvalue weighted by molar-refractivity contribution is 9.10. The fourth-order valence-corrected chi connectivity index (χ4v) is 2.64. The summed E-state index contributed by atoms with van der Waals surface area (Å²) in [4.78, 5) is 2.16. The summed E-state index contributed by atoms with van der Waals surface area (Å²) in [7, 11) is 6.20. The third kappa shape index (κ3) is 2.25. The van der Waals surface area contributed by atoms with Gasteiger partial charge in [0, 0.05) is 41.2 Å². The molecular formula is C13H18BrN3. The van der Waals surface area contributed by atoms with E-state index in [9.17, 15) is 0 Å². The molecule has 3 nitrogen and oxygen atoms in total. The number of nitrogens with zero attached hydrogens (tertiary/aromatic N) is 2. The number of aromatic nitrogens is 1. The average molecular weight is 296 g/mol. The van der Waals surface area contributed by atoms with Crippen molar-refractivity contribution >= 4 is 26.8 Å². The van der Waals surface area contributed by atoms with Gasteiger partial charge in [-0.1, -0.05) is 15.9 Å². The van der Waals surface area contributed by atoms with E-state index in [4.69, 9.17) is 5.73 Å². The summed E-state index contributed by atoms with van der Waals surface area (Å²) in [6.07, 6.45) is 2.18. The molecule has 1 atom stereocenters. The van der Waals surface area contributed by atoms with E-state index in [1.807, 2.05) is 0 Å². The first-order valence-corrected chi connectivity index (χ1v) is 6.45. The van der Waals surface area contributed by atoms with Crippen LogP contribution in [0.1, 0.15) is 11.6 Å². The third-order valence-electron chi connectivity index (χ3n) is 3.19. The molecule has 0 fully saturated rings. The first-order valence-electron chi connectivity index (χ1n) is 5.65. The zero-order chi connectivity index (χ0) is 12.6. The smallest absolute Gasteiger partial charge is 0.0485 e. The topological polar surface area (TPSA) is 34.2 Å². The summed E-state index contributed by atoms with van der Waals surface area (Å²) in [5.41, 5.74) is 8.41. The summed E-state index contributed by atoms with van der Waals surface area (Å²) < 4.78 is 3.26. The Kier molecular flexibility index (Phi) is 3.56. The van der Waals surface area contributed by atoms with Crippen LogP contribution in [0.2, 0.25) is 0 Å². The van der Waals surface area contributed by atoms with Gasteiger partial charge in [-0.25, -0.2) is 0 Å². The van der Waals surface area contributed by atoms with Gasteiger partial charge in [0.05, 0.1) is 0 Å². The van der Waals surface area contributed by atoms with Gasteiger partial charge in [0.25, 0.3) is 0 Å². The lowest BCUT2D eigenvalue weighted by atomic mass is 10.1. The molecule has 2 aromatic rings. The maximum atomic E-state index is 5.88. The second-order valence-electron chi connectivity index (χ2n) is 4.57. The van der Waals surface area contributed by atoms with E-state index in [0.717, 1.165) is 4.47 Å². The lowest BCUT2D eigenvalue weighted by molar-refractivity contribution is 0.307. The predicted octanol–water partition coefficient (Wildman–Crippen LogP) is 2.50. The van der Waals surface area contributed by atoms with Gasteiger partial charge in [-0.2, -0.15) is 0 Å². The highest BCUT2D eigenvalue weighted by Gasteiger charge is 2.17. The number of aryl methyl sites for hydroxylation is 1. The molecule has 0 radical (unpaired) electrons. The molecule has 2 rings (SSSR count). The van der Waals surface area contributed by atoms with Crippen LogP contribution in [0.15, 0.2) is 28.9 Å². The van der Waals surface area contributed by atoms with E-state index >= 15 is 0 Å². The summed E-state index contributed by atoms with van der Waals surface area (Å²) in [5.74, 6) is 0. The molecule has 17 heavy (non-hydrogen) atoms. The lowest BCUT2D eigenvalue weighted by Crippen LogP contribution is -2.26.